The van der Waals surface area contributed by atoms with Crippen LogP contribution in [-0.2, 0) is 5.41 Å². The van der Waals surface area contributed by atoms with E-state index >= 15 is 0 Å². The van der Waals surface area contributed by atoms with Gasteiger partial charge in [0, 0.05) is 23.2 Å². The van der Waals surface area contributed by atoms with Crippen LogP contribution in [0.25, 0.3) is 33.1 Å². The number of rotatable bonds is 5. The van der Waals surface area contributed by atoms with Crippen LogP contribution in [0, 0.1) is 0 Å². The van der Waals surface area contributed by atoms with Crippen LogP contribution in [0.2, 0.25) is 0 Å². The van der Waals surface area contributed by atoms with Crippen LogP contribution in [0.4, 0.5) is 34.1 Å². The summed E-state index contributed by atoms with van der Waals surface area (Å²) >= 11 is 0. The first-order valence-electron chi connectivity index (χ1n) is 20.3. The number of para-hydroxylation sites is 5. The molecule has 0 atom stereocenters. The number of hydrogen-bond donors (Lipinski definition) is 0. The summed E-state index contributed by atoms with van der Waals surface area (Å²) in [6.07, 6.45) is 0. The van der Waals surface area contributed by atoms with Gasteiger partial charge < -0.3 is 18.8 Å². The maximum absolute atomic E-state index is 6.84. The van der Waals surface area contributed by atoms with Crippen molar-refractivity contribution in [3.8, 4) is 34.1 Å². The van der Waals surface area contributed by atoms with Crippen molar-refractivity contribution in [3.05, 3.63) is 229 Å². The molecule has 0 N–H and O–H groups in total. The van der Waals surface area contributed by atoms with Gasteiger partial charge in [-0.15, -0.1) is 0 Å². The minimum atomic E-state index is -0.577. The van der Waals surface area contributed by atoms with E-state index in [1.54, 1.807) is 0 Å². The number of furan rings is 1. The lowest BCUT2D eigenvalue weighted by Gasteiger charge is -2.39. The Hall–Kier alpha value is -8.02. The lowest BCUT2D eigenvalue weighted by molar-refractivity contribution is 0.446. The summed E-state index contributed by atoms with van der Waals surface area (Å²) in [5.41, 5.74) is 14.1. The van der Waals surface area contributed by atoms with Gasteiger partial charge in [0.1, 0.15) is 16.9 Å². The molecule has 2 aliphatic heterocycles. The second kappa shape index (κ2) is 12.5. The first-order valence-corrected chi connectivity index (χ1v) is 20.3. The standard InChI is InChI=1S/C55H34N2O3/c1-3-16-35(17-4-1)55(36-18-5-2-6-19-36)42-22-9-7-20-39(42)40-31-30-37(32-43(40)55)56(46-25-15-29-50-53(46)41-21-8-12-26-47(41)58-50)38-33-51-54-52(34-38)60-49-28-14-11-24-45(49)57(54)44-23-10-13-27-48(44)59-51/h1-34H. The van der Waals surface area contributed by atoms with E-state index in [0.29, 0.717) is 11.5 Å². The van der Waals surface area contributed by atoms with Crippen molar-refractivity contribution in [1.29, 1.82) is 0 Å². The number of benzene rings is 9. The highest BCUT2D eigenvalue weighted by Gasteiger charge is 2.46. The molecule has 282 valence electrons. The minimum Gasteiger partial charge on any atom is -0.456 e. The fraction of sp³-hybridized carbons (Fsp3) is 0.0182. The molecule has 0 spiro atoms. The van der Waals surface area contributed by atoms with Gasteiger partial charge in [-0.25, -0.2) is 0 Å². The zero-order valence-corrected chi connectivity index (χ0v) is 32.2. The maximum Gasteiger partial charge on any atom is 0.157 e. The molecule has 60 heavy (non-hydrogen) atoms. The van der Waals surface area contributed by atoms with Crippen molar-refractivity contribution in [3.63, 3.8) is 0 Å². The van der Waals surface area contributed by atoms with Crippen molar-refractivity contribution < 1.29 is 13.9 Å². The molecule has 5 heteroatoms. The maximum atomic E-state index is 6.84. The molecule has 0 radical (unpaired) electrons. The summed E-state index contributed by atoms with van der Waals surface area (Å²) in [6, 6.07) is 73.1. The van der Waals surface area contributed by atoms with E-state index in [1.807, 2.05) is 48.5 Å². The average Bonchev–Trinajstić information content (AvgIpc) is 3.84. The quantitative estimate of drug-likeness (QED) is 0.174. The molecule has 10 aromatic rings. The lowest BCUT2D eigenvalue weighted by atomic mass is 9.67. The van der Waals surface area contributed by atoms with Gasteiger partial charge in [-0.2, -0.15) is 0 Å². The van der Waals surface area contributed by atoms with Crippen LogP contribution in [0.15, 0.2) is 211 Å². The normalized spacial score (nSPS) is 13.7. The molecule has 5 nitrogen and oxygen atoms in total. The van der Waals surface area contributed by atoms with Crippen LogP contribution >= 0.6 is 0 Å². The Morgan fingerprint density at radius 2 is 1.00 bits per heavy atom. The molecule has 3 aliphatic rings. The highest BCUT2D eigenvalue weighted by Crippen LogP contribution is 2.62. The molecular weight excluding hydrogens is 737 g/mol. The van der Waals surface area contributed by atoms with Crippen molar-refractivity contribution in [2.45, 2.75) is 5.41 Å². The van der Waals surface area contributed by atoms with Crippen molar-refractivity contribution in [2.75, 3.05) is 9.80 Å². The van der Waals surface area contributed by atoms with Gasteiger partial charge in [0.15, 0.2) is 23.0 Å². The molecule has 0 amide bonds. The molecule has 0 unspecified atom stereocenters. The number of ether oxygens (including phenoxy) is 2. The van der Waals surface area contributed by atoms with Crippen molar-refractivity contribution >= 4 is 56.1 Å². The number of hydrogen-bond acceptors (Lipinski definition) is 5. The lowest BCUT2D eigenvalue weighted by Crippen LogP contribution is -2.28. The second-order valence-electron chi connectivity index (χ2n) is 15.6. The van der Waals surface area contributed by atoms with E-state index in [0.717, 1.165) is 67.6 Å². The third-order valence-electron chi connectivity index (χ3n) is 12.5. The molecule has 0 saturated carbocycles. The van der Waals surface area contributed by atoms with Gasteiger partial charge in [-0.3, -0.25) is 4.90 Å². The average molecular weight is 771 g/mol. The summed E-state index contributed by atoms with van der Waals surface area (Å²) < 4.78 is 20.2. The van der Waals surface area contributed by atoms with Crippen molar-refractivity contribution in [2.24, 2.45) is 0 Å². The van der Waals surface area contributed by atoms with E-state index < -0.39 is 5.41 Å². The summed E-state index contributed by atoms with van der Waals surface area (Å²) in [6.45, 7) is 0. The van der Waals surface area contributed by atoms with Crippen molar-refractivity contribution in [1.82, 2.24) is 0 Å². The van der Waals surface area contributed by atoms with Gasteiger partial charge in [-0.1, -0.05) is 140 Å². The molecular formula is C55H34N2O3. The summed E-state index contributed by atoms with van der Waals surface area (Å²) in [4.78, 5) is 4.62. The number of nitrogens with zero attached hydrogens (tertiary/aromatic N) is 2. The van der Waals surface area contributed by atoms with Gasteiger partial charge in [0.05, 0.1) is 33.6 Å². The number of anilines is 6. The SMILES string of the molecule is c1ccc(C2(c3ccccc3)c3ccccc3-c3ccc(N(c4cc5c6c(c4)Oc4ccccc4N6c4ccccc4O5)c4cccc5oc6ccccc6c45)cc32)cc1. The predicted octanol–water partition coefficient (Wildman–Crippen LogP) is 15.1. The largest absolute Gasteiger partial charge is 0.456 e. The van der Waals surface area contributed by atoms with Crippen LogP contribution in [-0.4, -0.2) is 0 Å². The monoisotopic (exact) mass is 770 g/mol. The van der Waals surface area contributed by atoms with Crippen LogP contribution in [0.5, 0.6) is 23.0 Å². The third kappa shape index (κ3) is 4.51. The Kier molecular flexibility index (Phi) is 6.87. The van der Waals surface area contributed by atoms with Crippen LogP contribution in [0.3, 0.4) is 0 Å². The third-order valence-corrected chi connectivity index (χ3v) is 12.5. The van der Waals surface area contributed by atoms with Gasteiger partial charge in [0.2, 0.25) is 0 Å². The Morgan fingerprint density at radius 3 is 1.72 bits per heavy atom. The zero-order chi connectivity index (χ0) is 39.4. The van der Waals surface area contributed by atoms with E-state index in [2.05, 4.69) is 168 Å². The summed E-state index contributed by atoms with van der Waals surface area (Å²) in [5, 5.41) is 2.07. The van der Waals surface area contributed by atoms with E-state index in [1.165, 1.54) is 33.4 Å². The highest BCUT2D eigenvalue weighted by molar-refractivity contribution is 6.13. The summed E-state index contributed by atoms with van der Waals surface area (Å²) in [5.74, 6) is 2.98. The Labute approximate surface area is 346 Å². The number of fused-ring (bicyclic) bond motifs is 10. The Bertz CT molecular complexity index is 3240. The highest BCUT2D eigenvalue weighted by atomic mass is 16.5. The van der Waals surface area contributed by atoms with Crippen LogP contribution in [0.1, 0.15) is 22.3 Å². The molecule has 0 bridgehead atoms. The Morgan fingerprint density at radius 1 is 0.417 bits per heavy atom. The molecule has 9 aromatic carbocycles. The fourth-order valence-corrected chi connectivity index (χ4v) is 10.1. The molecule has 0 saturated heterocycles. The van der Waals surface area contributed by atoms with Gasteiger partial charge >= 0.3 is 0 Å². The molecule has 1 aromatic heterocycles. The second-order valence-corrected chi connectivity index (χ2v) is 15.6. The molecule has 0 fully saturated rings. The first kappa shape index (κ1) is 33.0. The molecule has 13 rings (SSSR count). The predicted molar refractivity (Wildman–Crippen MR) is 241 cm³/mol. The summed E-state index contributed by atoms with van der Waals surface area (Å²) in [7, 11) is 0. The first-order chi connectivity index (χ1) is 29.8. The topological polar surface area (TPSA) is 38.1 Å². The van der Waals surface area contributed by atoms with E-state index in [4.69, 9.17) is 13.9 Å². The van der Waals surface area contributed by atoms with E-state index in [9.17, 15) is 0 Å². The van der Waals surface area contributed by atoms with Gasteiger partial charge in [-0.05, 0) is 88.0 Å². The Balaban J connectivity index is 1.11. The van der Waals surface area contributed by atoms with E-state index in [-0.39, 0.29) is 0 Å². The minimum absolute atomic E-state index is 0.577. The molecule has 1 aliphatic carbocycles. The smallest absolute Gasteiger partial charge is 0.157 e. The zero-order valence-electron chi connectivity index (χ0n) is 32.2. The van der Waals surface area contributed by atoms with Crippen LogP contribution < -0.4 is 19.3 Å². The van der Waals surface area contributed by atoms with Gasteiger partial charge in [0.25, 0.3) is 0 Å². The molecule has 3 heterocycles. The fourth-order valence-electron chi connectivity index (χ4n) is 10.1.